The molecular weight excluding hydrogens is 388 g/mol. The van der Waals surface area contributed by atoms with Crippen molar-refractivity contribution in [3.63, 3.8) is 0 Å². The third-order valence-electron chi connectivity index (χ3n) is 5.71. The van der Waals surface area contributed by atoms with Crippen LogP contribution >= 0.6 is 0 Å². The summed E-state index contributed by atoms with van der Waals surface area (Å²) in [7, 11) is 1.72. The number of anilines is 1. The lowest BCUT2D eigenvalue weighted by molar-refractivity contribution is -0.384. The first-order chi connectivity index (χ1) is 14.3. The predicted octanol–water partition coefficient (Wildman–Crippen LogP) is 1.89. The Morgan fingerprint density at radius 3 is 2.57 bits per heavy atom. The highest BCUT2D eigenvalue weighted by Gasteiger charge is 2.56. The number of nitro groups is 1. The summed E-state index contributed by atoms with van der Waals surface area (Å²) in [6, 6.07) is 13.1. The average Bonchev–Trinajstić information content (AvgIpc) is 2.72. The van der Waals surface area contributed by atoms with Gasteiger partial charge in [-0.25, -0.2) is 4.79 Å². The molecule has 1 fully saturated rings. The van der Waals surface area contributed by atoms with E-state index in [1.54, 1.807) is 18.0 Å². The quantitative estimate of drug-likeness (QED) is 0.470. The third-order valence-corrected chi connectivity index (χ3v) is 5.71. The lowest BCUT2D eigenvalue weighted by Gasteiger charge is -2.45. The maximum Gasteiger partial charge on any atom is 0.330 e. The number of hydrogen-bond donors (Lipinski definition) is 1. The zero-order chi connectivity index (χ0) is 21.5. The molecule has 4 amide bonds. The van der Waals surface area contributed by atoms with Crippen LogP contribution in [0.1, 0.15) is 11.1 Å². The van der Waals surface area contributed by atoms with Crippen LogP contribution in [0.5, 0.6) is 0 Å². The van der Waals surface area contributed by atoms with Gasteiger partial charge in [-0.3, -0.25) is 29.9 Å². The summed E-state index contributed by atoms with van der Waals surface area (Å²) in [5, 5.41) is 13.5. The Kier molecular flexibility index (Phi) is 4.73. The second-order valence-electron chi connectivity index (χ2n) is 7.64. The van der Waals surface area contributed by atoms with Crippen LogP contribution in [0.25, 0.3) is 0 Å². The van der Waals surface area contributed by atoms with Gasteiger partial charge >= 0.3 is 6.03 Å². The molecule has 0 aromatic heterocycles. The number of hydrogen-bond acceptors (Lipinski definition) is 6. The first kappa shape index (κ1) is 19.6. The van der Waals surface area contributed by atoms with Gasteiger partial charge in [-0.15, -0.1) is 0 Å². The molecule has 0 radical (unpaired) electrons. The van der Waals surface area contributed by atoms with E-state index in [-0.39, 0.29) is 25.2 Å². The molecule has 0 bridgehead atoms. The number of nitrogens with one attached hydrogen (secondary N) is 1. The fraction of sp³-hybridized carbons (Fsp3) is 0.286. The zero-order valence-corrected chi connectivity index (χ0v) is 16.3. The number of nitrogens with zero attached hydrogens (tertiary/aromatic N) is 3. The largest absolute Gasteiger partial charge is 0.373 e. The molecule has 2 aliphatic rings. The van der Waals surface area contributed by atoms with E-state index in [0.29, 0.717) is 12.0 Å². The maximum absolute atomic E-state index is 13.4. The van der Waals surface area contributed by atoms with E-state index < -0.39 is 28.2 Å². The highest BCUT2D eigenvalue weighted by atomic mass is 16.6. The average molecular weight is 408 g/mol. The highest BCUT2D eigenvalue weighted by Crippen LogP contribution is 2.40. The summed E-state index contributed by atoms with van der Waals surface area (Å²) in [5.41, 5.74) is 0.589. The molecule has 2 heterocycles. The molecule has 1 unspecified atom stereocenters. The van der Waals surface area contributed by atoms with Crippen molar-refractivity contribution in [2.75, 3.05) is 25.0 Å². The normalized spacial score (nSPS) is 20.9. The first-order valence-electron chi connectivity index (χ1n) is 9.51. The minimum atomic E-state index is -1.51. The molecule has 1 atom stereocenters. The summed E-state index contributed by atoms with van der Waals surface area (Å²) in [6.45, 7) is 0.215. The molecule has 9 nitrogen and oxygen atoms in total. The van der Waals surface area contributed by atoms with E-state index in [0.717, 1.165) is 16.2 Å². The number of non-ortho nitro benzene ring substituents is 1. The number of imide groups is 2. The van der Waals surface area contributed by atoms with Gasteiger partial charge in [0.2, 0.25) is 11.8 Å². The number of barbiturate groups is 1. The fourth-order valence-electron chi connectivity index (χ4n) is 4.19. The molecule has 2 aromatic rings. The lowest BCUT2D eigenvalue weighted by atomic mass is 9.74. The van der Waals surface area contributed by atoms with Crippen LogP contribution in [0.4, 0.5) is 16.2 Å². The van der Waals surface area contributed by atoms with E-state index in [1.807, 2.05) is 30.3 Å². The van der Waals surface area contributed by atoms with Crippen LogP contribution in [0.2, 0.25) is 0 Å². The van der Waals surface area contributed by atoms with Gasteiger partial charge in [0.15, 0.2) is 0 Å². The molecule has 0 saturated carbocycles. The second kappa shape index (κ2) is 7.25. The molecule has 30 heavy (non-hydrogen) atoms. The van der Waals surface area contributed by atoms with Crippen LogP contribution in [-0.4, -0.2) is 47.8 Å². The Hall–Kier alpha value is -3.75. The van der Waals surface area contributed by atoms with Crippen LogP contribution in [0.3, 0.4) is 0 Å². The molecule has 0 aliphatic carbocycles. The van der Waals surface area contributed by atoms with Crippen molar-refractivity contribution in [2.45, 2.75) is 12.8 Å². The number of amides is 4. The number of benzene rings is 2. The van der Waals surface area contributed by atoms with E-state index >= 15 is 0 Å². The SMILES string of the molecule is CN1CC2(Cc3cc([N+](=O)[O-])ccc31)C(=O)NC(=O)N(CCc1ccccc1)C2=O. The first-order valence-corrected chi connectivity index (χ1v) is 9.51. The smallest absolute Gasteiger partial charge is 0.330 e. The van der Waals surface area contributed by atoms with Crippen molar-refractivity contribution in [1.29, 1.82) is 0 Å². The minimum Gasteiger partial charge on any atom is -0.373 e. The van der Waals surface area contributed by atoms with E-state index in [4.69, 9.17) is 0 Å². The molecule has 9 heteroatoms. The summed E-state index contributed by atoms with van der Waals surface area (Å²) < 4.78 is 0. The van der Waals surface area contributed by atoms with Gasteiger partial charge < -0.3 is 4.90 Å². The summed E-state index contributed by atoms with van der Waals surface area (Å²) in [6.07, 6.45) is 0.455. The van der Waals surface area contributed by atoms with Crippen molar-refractivity contribution in [3.8, 4) is 0 Å². The van der Waals surface area contributed by atoms with Gasteiger partial charge in [0.1, 0.15) is 5.41 Å². The van der Waals surface area contributed by atoms with Crippen molar-refractivity contribution in [2.24, 2.45) is 5.41 Å². The number of carbonyl (C=O) groups excluding carboxylic acids is 3. The number of rotatable bonds is 4. The minimum absolute atomic E-state index is 0.00582. The number of urea groups is 1. The van der Waals surface area contributed by atoms with E-state index in [9.17, 15) is 24.5 Å². The van der Waals surface area contributed by atoms with Crippen LogP contribution in [0, 0.1) is 15.5 Å². The van der Waals surface area contributed by atoms with Gasteiger partial charge in [-0.1, -0.05) is 30.3 Å². The maximum atomic E-state index is 13.4. The van der Waals surface area contributed by atoms with Crippen molar-refractivity contribution >= 4 is 29.2 Å². The predicted molar refractivity (Wildman–Crippen MR) is 108 cm³/mol. The van der Waals surface area contributed by atoms with Crippen molar-refractivity contribution in [3.05, 3.63) is 69.8 Å². The fourth-order valence-corrected chi connectivity index (χ4v) is 4.19. The van der Waals surface area contributed by atoms with Crippen LogP contribution < -0.4 is 10.2 Å². The molecule has 2 aromatic carbocycles. The summed E-state index contributed by atoms with van der Waals surface area (Å²) in [4.78, 5) is 52.1. The van der Waals surface area contributed by atoms with Crippen LogP contribution in [0.15, 0.2) is 48.5 Å². The monoisotopic (exact) mass is 408 g/mol. The number of carbonyl (C=O) groups is 3. The molecule has 4 rings (SSSR count). The van der Waals surface area contributed by atoms with Gasteiger partial charge in [0.05, 0.1) is 4.92 Å². The Morgan fingerprint density at radius 2 is 1.87 bits per heavy atom. The molecular formula is C21H20N4O5. The molecule has 1 spiro atoms. The summed E-state index contributed by atoms with van der Waals surface area (Å²) in [5.74, 6) is -1.24. The van der Waals surface area contributed by atoms with Gasteiger partial charge in [-0.05, 0) is 30.0 Å². The van der Waals surface area contributed by atoms with Crippen LogP contribution in [-0.2, 0) is 22.4 Å². The summed E-state index contributed by atoms with van der Waals surface area (Å²) >= 11 is 0. The lowest BCUT2D eigenvalue weighted by Crippen LogP contribution is -2.68. The third kappa shape index (κ3) is 3.18. The van der Waals surface area contributed by atoms with Gasteiger partial charge in [0, 0.05) is 38.0 Å². The Bertz CT molecular complexity index is 1050. The molecule has 1 saturated heterocycles. The van der Waals surface area contributed by atoms with Gasteiger partial charge in [0.25, 0.3) is 5.69 Å². The topological polar surface area (TPSA) is 113 Å². The molecule has 154 valence electrons. The second-order valence-corrected chi connectivity index (χ2v) is 7.64. The van der Waals surface area contributed by atoms with E-state index in [2.05, 4.69) is 5.32 Å². The Morgan fingerprint density at radius 1 is 1.13 bits per heavy atom. The number of fused-ring (bicyclic) bond motifs is 1. The Labute approximate surface area is 172 Å². The van der Waals surface area contributed by atoms with Crippen molar-refractivity contribution in [1.82, 2.24) is 10.2 Å². The van der Waals surface area contributed by atoms with Gasteiger partial charge in [-0.2, -0.15) is 0 Å². The molecule has 2 aliphatic heterocycles. The zero-order valence-electron chi connectivity index (χ0n) is 16.3. The highest BCUT2D eigenvalue weighted by molar-refractivity contribution is 6.20. The standard InChI is InChI=1S/C21H20N4O5/c1-23-13-21(12-15-11-16(25(29)30)7-8-17(15)23)18(26)22-20(28)24(19(21)27)10-9-14-5-3-2-4-6-14/h2-8,11H,9-10,12-13H2,1H3,(H,22,26,28). The molecule has 1 N–H and O–H groups in total. The Balaban J connectivity index is 1.65. The number of nitro benzene ring substituents is 1. The van der Waals surface area contributed by atoms with E-state index in [1.165, 1.54) is 12.1 Å². The van der Waals surface area contributed by atoms with Crippen molar-refractivity contribution < 1.29 is 19.3 Å².